The third-order valence-corrected chi connectivity index (χ3v) is 4.24. The number of hydrogen-bond acceptors (Lipinski definition) is 8. The summed E-state index contributed by atoms with van der Waals surface area (Å²) in [5.41, 5.74) is 10.6. The molecule has 12 nitrogen and oxygen atoms in total. The molecule has 0 spiro atoms. The van der Waals surface area contributed by atoms with E-state index < -0.39 is 9.85 Å². The molecule has 14 heteroatoms. The summed E-state index contributed by atoms with van der Waals surface area (Å²) in [4.78, 5) is 21.1. The smallest absolute Gasteiger partial charge is 0.311 e. The van der Waals surface area contributed by atoms with E-state index in [1.807, 2.05) is 0 Å². The Morgan fingerprint density at radius 1 is 0.758 bits per heavy atom. The van der Waals surface area contributed by atoms with Gasteiger partial charge < -0.3 is 20.9 Å². The quantitative estimate of drug-likeness (QED) is 0.111. The zero-order valence-electron chi connectivity index (χ0n) is 17.3. The molecule has 0 aliphatic rings. The molecular formula is C19H24Cl2N6O6. The van der Waals surface area contributed by atoms with E-state index in [-0.39, 0.29) is 83.7 Å². The zero-order chi connectivity index (χ0) is 23.0. The van der Waals surface area contributed by atoms with E-state index in [4.69, 9.17) is 31.8 Å². The molecule has 0 radical (unpaired) electrons. The Balaban J connectivity index is 0.00000512. The summed E-state index contributed by atoms with van der Waals surface area (Å²) in [5, 5.41) is 37.0. The number of halogens is 2. The number of nitrogens with one attached hydrogen (secondary N) is 2. The van der Waals surface area contributed by atoms with Crippen LogP contribution in [-0.4, -0.2) is 34.7 Å². The van der Waals surface area contributed by atoms with Crippen molar-refractivity contribution in [3.05, 3.63) is 67.8 Å². The Morgan fingerprint density at radius 2 is 1.12 bits per heavy atom. The van der Waals surface area contributed by atoms with Crippen LogP contribution in [0.3, 0.4) is 0 Å². The van der Waals surface area contributed by atoms with Crippen LogP contribution in [0.25, 0.3) is 0 Å². The van der Waals surface area contributed by atoms with Crippen molar-refractivity contribution < 1.29 is 19.3 Å². The highest BCUT2D eigenvalue weighted by Gasteiger charge is 2.18. The van der Waals surface area contributed by atoms with Crippen molar-refractivity contribution in [2.45, 2.75) is 19.3 Å². The van der Waals surface area contributed by atoms with Crippen LogP contribution in [0.1, 0.15) is 30.4 Å². The van der Waals surface area contributed by atoms with Gasteiger partial charge in [0.15, 0.2) is 11.5 Å². The second-order valence-corrected chi connectivity index (χ2v) is 6.46. The van der Waals surface area contributed by atoms with Gasteiger partial charge in [-0.3, -0.25) is 31.0 Å². The average molecular weight is 503 g/mol. The number of unbranched alkanes of at least 4 members (excludes halogenated alkanes) is 2. The van der Waals surface area contributed by atoms with Gasteiger partial charge in [-0.2, -0.15) is 0 Å². The molecule has 6 N–H and O–H groups in total. The van der Waals surface area contributed by atoms with Gasteiger partial charge in [-0.1, -0.05) is 0 Å². The lowest BCUT2D eigenvalue weighted by Crippen LogP contribution is -2.12. The first-order valence-corrected chi connectivity index (χ1v) is 9.22. The number of amidine groups is 2. The van der Waals surface area contributed by atoms with Crippen LogP contribution in [0, 0.1) is 31.0 Å². The Kier molecular flexibility index (Phi) is 12.2. The van der Waals surface area contributed by atoms with Crippen molar-refractivity contribution in [2.24, 2.45) is 11.5 Å². The Bertz CT molecular complexity index is 941. The van der Waals surface area contributed by atoms with Crippen molar-refractivity contribution in [3.63, 3.8) is 0 Å². The maximum atomic E-state index is 11.2. The van der Waals surface area contributed by atoms with E-state index in [0.717, 1.165) is 0 Å². The summed E-state index contributed by atoms with van der Waals surface area (Å²) in [5.74, 6) is -0.364. The average Bonchev–Trinajstić information content (AvgIpc) is 2.72. The standard InChI is InChI=1S/C19H22N6O6.2ClH/c20-18(21)12-4-6-16(14(10-12)24(26)27)30-8-2-1-3-9-31-17-7-5-13(19(22)23)11-15(17)25(28)29;;/h4-7,10-11H,1-3,8-9H2,(H3,20,21)(H3,22,23);2*1H. The molecule has 0 aliphatic carbocycles. The molecule has 0 heterocycles. The number of nitro benzene ring substituents is 2. The highest BCUT2D eigenvalue weighted by Crippen LogP contribution is 2.29. The fourth-order valence-electron chi connectivity index (χ4n) is 2.64. The molecular weight excluding hydrogens is 479 g/mol. The molecule has 2 aromatic rings. The molecule has 2 rings (SSSR count). The third kappa shape index (κ3) is 8.43. The van der Waals surface area contributed by atoms with Gasteiger partial charge in [0.2, 0.25) is 0 Å². The summed E-state index contributed by atoms with van der Waals surface area (Å²) in [7, 11) is 0. The molecule has 180 valence electrons. The fourth-order valence-corrected chi connectivity index (χ4v) is 2.64. The van der Waals surface area contributed by atoms with Crippen LogP contribution in [0.15, 0.2) is 36.4 Å². The molecule has 0 aliphatic heterocycles. The maximum Gasteiger partial charge on any atom is 0.311 e. The molecule has 0 aromatic heterocycles. The summed E-state index contributed by atoms with van der Waals surface area (Å²) >= 11 is 0. The van der Waals surface area contributed by atoms with E-state index in [9.17, 15) is 20.2 Å². The van der Waals surface area contributed by atoms with Crippen LogP contribution >= 0.6 is 24.8 Å². The second-order valence-electron chi connectivity index (χ2n) is 6.46. The van der Waals surface area contributed by atoms with E-state index in [1.54, 1.807) is 0 Å². The van der Waals surface area contributed by atoms with Gasteiger partial charge in [-0.15, -0.1) is 24.8 Å². The lowest BCUT2D eigenvalue weighted by atomic mass is 10.1. The summed E-state index contributed by atoms with van der Waals surface area (Å²) < 4.78 is 10.9. The van der Waals surface area contributed by atoms with Gasteiger partial charge >= 0.3 is 11.4 Å². The van der Waals surface area contributed by atoms with Gasteiger partial charge in [0.05, 0.1) is 23.1 Å². The predicted molar refractivity (Wildman–Crippen MR) is 128 cm³/mol. The second kappa shape index (κ2) is 13.7. The number of nitro groups is 2. The first kappa shape index (κ1) is 29.4. The zero-order valence-corrected chi connectivity index (χ0v) is 18.9. The largest absolute Gasteiger partial charge is 0.487 e. The van der Waals surface area contributed by atoms with Crippen LogP contribution < -0.4 is 20.9 Å². The van der Waals surface area contributed by atoms with Crippen molar-refractivity contribution in [1.82, 2.24) is 0 Å². The lowest BCUT2D eigenvalue weighted by molar-refractivity contribution is -0.386. The SMILES string of the molecule is Cl.Cl.N=C(N)c1ccc(OCCCCCOc2ccc(C(=N)N)cc2[N+](=O)[O-])c([N+](=O)[O-])c1. The molecule has 0 unspecified atom stereocenters. The molecule has 0 amide bonds. The van der Waals surface area contributed by atoms with E-state index in [2.05, 4.69) is 0 Å². The van der Waals surface area contributed by atoms with Crippen molar-refractivity contribution in [3.8, 4) is 11.5 Å². The van der Waals surface area contributed by atoms with Gasteiger partial charge in [-0.05, 0) is 43.5 Å². The molecule has 2 aromatic carbocycles. The molecule has 0 saturated carbocycles. The summed E-state index contributed by atoms with van der Waals surface area (Å²) in [6.07, 6.45) is 1.83. The van der Waals surface area contributed by atoms with Gasteiger partial charge in [0, 0.05) is 23.3 Å². The Hall–Kier alpha value is -3.64. The van der Waals surface area contributed by atoms with Gasteiger partial charge in [-0.25, -0.2) is 0 Å². The minimum absolute atomic E-state index is 0. The minimum Gasteiger partial charge on any atom is -0.487 e. The normalized spacial score (nSPS) is 9.70. The number of hydrogen-bond donors (Lipinski definition) is 4. The molecule has 0 atom stereocenters. The van der Waals surface area contributed by atoms with Crippen LogP contribution in [0.2, 0.25) is 0 Å². The lowest BCUT2D eigenvalue weighted by Gasteiger charge is -2.09. The third-order valence-electron chi connectivity index (χ3n) is 4.24. The van der Waals surface area contributed by atoms with Gasteiger partial charge in [0.25, 0.3) is 0 Å². The van der Waals surface area contributed by atoms with E-state index in [1.165, 1.54) is 36.4 Å². The number of ether oxygens (including phenoxy) is 2. The maximum absolute atomic E-state index is 11.2. The first-order valence-electron chi connectivity index (χ1n) is 9.22. The first-order chi connectivity index (χ1) is 14.7. The molecule has 0 saturated heterocycles. The number of nitrogens with zero attached hydrogens (tertiary/aromatic N) is 2. The molecule has 0 fully saturated rings. The van der Waals surface area contributed by atoms with Gasteiger partial charge in [0.1, 0.15) is 11.7 Å². The van der Waals surface area contributed by atoms with Crippen molar-refractivity contribution in [1.29, 1.82) is 10.8 Å². The summed E-state index contributed by atoms with van der Waals surface area (Å²) in [6.45, 7) is 0.460. The highest BCUT2D eigenvalue weighted by atomic mass is 35.5. The Labute approximate surface area is 201 Å². The van der Waals surface area contributed by atoms with Crippen LogP contribution in [0.5, 0.6) is 11.5 Å². The summed E-state index contributed by atoms with van der Waals surface area (Å²) in [6, 6.07) is 8.14. The Morgan fingerprint density at radius 3 is 1.42 bits per heavy atom. The number of rotatable bonds is 12. The highest BCUT2D eigenvalue weighted by molar-refractivity contribution is 5.96. The van der Waals surface area contributed by atoms with Crippen LogP contribution in [-0.2, 0) is 0 Å². The van der Waals surface area contributed by atoms with Crippen molar-refractivity contribution in [2.75, 3.05) is 13.2 Å². The van der Waals surface area contributed by atoms with Crippen LogP contribution in [0.4, 0.5) is 11.4 Å². The number of benzene rings is 2. The van der Waals surface area contributed by atoms with E-state index >= 15 is 0 Å². The number of nitrogens with two attached hydrogens (primary N) is 2. The minimum atomic E-state index is -0.597. The topological polar surface area (TPSA) is 204 Å². The van der Waals surface area contributed by atoms with Crippen molar-refractivity contribution >= 4 is 47.9 Å². The number of nitrogen functional groups attached to an aromatic ring is 2. The van der Waals surface area contributed by atoms with E-state index in [0.29, 0.717) is 19.3 Å². The predicted octanol–water partition coefficient (Wildman–Crippen LogP) is 3.54. The fraction of sp³-hybridized carbons (Fsp3) is 0.263. The monoisotopic (exact) mass is 502 g/mol. The molecule has 0 bridgehead atoms. The molecule has 33 heavy (non-hydrogen) atoms.